The van der Waals surface area contributed by atoms with E-state index >= 15 is 0 Å². The molecule has 1 saturated carbocycles. The fourth-order valence-electron chi connectivity index (χ4n) is 2.68. The summed E-state index contributed by atoms with van der Waals surface area (Å²) >= 11 is 0. The fourth-order valence-corrected chi connectivity index (χ4v) is 2.68. The fraction of sp³-hybridized carbons (Fsp3) is 0.500. The summed E-state index contributed by atoms with van der Waals surface area (Å²) in [6.07, 6.45) is 11.8. The van der Waals surface area contributed by atoms with E-state index in [1.165, 1.54) is 25.7 Å². The van der Waals surface area contributed by atoms with Crippen LogP contribution in [0.25, 0.3) is 11.5 Å². The summed E-state index contributed by atoms with van der Waals surface area (Å²) in [5.41, 5.74) is 0.943. The molecule has 1 fully saturated rings. The number of rotatable bonds is 3. The van der Waals surface area contributed by atoms with Gasteiger partial charge in [-0.1, -0.05) is 19.8 Å². The van der Waals surface area contributed by atoms with Gasteiger partial charge in [0.1, 0.15) is 11.5 Å². The van der Waals surface area contributed by atoms with Crippen LogP contribution in [0.3, 0.4) is 0 Å². The minimum absolute atomic E-state index is 0.600. The minimum atomic E-state index is 0.600. The van der Waals surface area contributed by atoms with E-state index < -0.39 is 0 Å². The minimum Gasteiger partial charge on any atom is -0.327 e. The first-order chi connectivity index (χ1) is 8.88. The van der Waals surface area contributed by atoms with Crippen molar-refractivity contribution in [2.75, 3.05) is 0 Å². The van der Waals surface area contributed by atoms with Gasteiger partial charge in [0.2, 0.25) is 0 Å². The summed E-state index contributed by atoms with van der Waals surface area (Å²) in [5, 5.41) is 0. The Morgan fingerprint density at radius 3 is 2.83 bits per heavy atom. The molecular weight excluding hydrogens is 224 g/mol. The Morgan fingerprint density at radius 1 is 1.22 bits per heavy atom. The third kappa shape index (κ3) is 2.03. The average Bonchev–Trinajstić information content (AvgIpc) is 3.09. The molecule has 4 nitrogen and oxygen atoms in total. The van der Waals surface area contributed by atoms with E-state index in [1.54, 1.807) is 0 Å². The van der Waals surface area contributed by atoms with Crippen LogP contribution >= 0.6 is 0 Å². The second-order valence-corrected chi connectivity index (χ2v) is 4.81. The van der Waals surface area contributed by atoms with Crippen LogP contribution in [0.5, 0.6) is 0 Å². The molecule has 94 valence electrons. The van der Waals surface area contributed by atoms with E-state index in [0.717, 1.165) is 23.8 Å². The van der Waals surface area contributed by atoms with Gasteiger partial charge in [-0.3, -0.25) is 0 Å². The summed E-state index contributed by atoms with van der Waals surface area (Å²) in [4.78, 5) is 13.3. The van der Waals surface area contributed by atoms with Crippen molar-refractivity contribution in [1.82, 2.24) is 19.5 Å². The highest BCUT2D eigenvalue weighted by Crippen LogP contribution is 2.32. The van der Waals surface area contributed by atoms with Crippen molar-refractivity contribution in [2.24, 2.45) is 0 Å². The molecule has 2 aromatic rings. The van der Waals surface area contributed by atoms with Gasteiger partial charge in [-0.15, -0.1) is 0 Å². The van der Waals surface area contributed by atoms with Gasteiger partial charge in [-0.2, -0.15) is 0 Å². The van der Waals surface area contributed by atoms with Crippen molar-refractivity contribution < 1.29 is 0 Å². The second kappa shape index (κ2) is 4.88. The average molecular weight is 242 g/mol. The zero-order chi connectivity index (χ0) is 12.4. The Morgan fingerprint density at radius 2 is 2.06 bits per heavy atom. The first kappa shape index (κ1) is 11.4. The maximum absolute atomic E-state index is 4.57. The van der Waals surface area contributed by atoms with Crippen LogP contribution in [0.1, 0.15) is 44.5 Å². The molecule has 1 aliphatic rings. The summed E-state index contributed by atoms with van der Waals surface area (Å²) in [7, 11) is 0. The molecule has 0 spiro atoms. The summed E-state index contributed by atoms with van der Waals surface area (Å²) < 4.78 is 2.29. The molecule has 0 aromatic carbocycles. The van der Waals surface area contributed by atoms with E-state index in [-0.39, 0.29) is 0 Å². The Balaban J connectivity index is 1.98. The Bertz CT molecular complexity index is 526. The lowest BCUT2D eigenvalue weighted by Gasteiger charge is -2.14. The smallest absolute Gasteiger partial charge is 0.159 e. The van der Waals surface area contributed by atoms with E-state index in [2.05, 4.69) is 32.6 Å². The predicted octanol–water partition coefficient (Wildman–Crippen LogP) is 3.02. The molecule has 0 N–H and O–H groups in total. The molecule has 0 atom stereocenters. The number of aromatic nitrogens is 4. The third-order valence-electron chi connectivity index (χ3n) is 3.64. The summed E-state index contributed by atoms with van der Waals surface area (Å²) in [6.45, 7) is 2.07. The maximum atomic E-state index is 4.57. The van der Waals surface area contributed by atoms with Crippen LogP contribution in [0.2, 0.25) is 0 Å². The molecule has 0 aliphatic heterocycles. The highest BCUT2D eigenvalue weighted by atomic mass is 15.1. The molecule has 4 heteroatoms. The zero-order valence-electron chi connectivity index (χ0n) is 10.7. The molecule has 2 aromatic heterocycles. The number of hydrogen-bond acceptors (Lipinski definition) is 3. The van der Waals surface area contributed by atoms with Crippen LogP contribution in [-0.2, 0) is 6.42 Å². The molecule has 1 aliphatic carbocycles. The van der Waals surface area contributed by atoms with Crippen molar-refractivity contribution in [3.63, 3.8) is 0 Å². The zero-order valence-corrected chi connectivity index (χ0v) is 10.7. The van der Waals surface area contributed by atoms with Crippen LogP contribution in [-0.4, -0.2) is 19.5 Å². The Hall–Kier alpha value is -1.71. The van der Waals surface area contributed by atoms with Gasteiger partial charge in [0.05, 0.1) is 0 Å². The lowest BCUT2D eigenvalue weighted by molar-refractivity contribution is 0.523. The lowest BCUT2D eigenvalue weighted by atomic mass is 10.2. The molecule has 0 bridgehead atoms. The van der Waals surface area contributed by atoms with E-state index in [0.29, 0.717) is 6.04 Å². The van der Waals surface area contributed by atoms with Gasteiger partial charge in [-0.05, 0) is 18.9 Å². The predicted molar refractivity (Wildman–Crippen MR) is 70.1 cm³/mol. The second-order valence-electron chi connectivity index (χ2n) is 4.81. The lowest BCUT2D eigenvalue weighted by Crippen LogP contribution is -2.07. The van der Waals surface area contributed by atoms with Crippen LogP contribution < -0.4 is 0 Å². The van der Waals surface area contributed by atoms with Gasteiger partial charge >= 0.3 is 0 Å². The van der Waals surface area contributed by atoms with Crippen molar-refractivity contribution in [3.8, 4) is 11.5 Å². The number of imidazole rings is 1. The first-order valence-corrected chi connectivity index (χ1v) is 6.73. The molecule has 3 rings (SSSR count). The summed E-state index contributed by atoms with van der Waals surface area (Å²) in [6, 6.07) is 2.55. The van der Waals surface area contributed by atoms with Gasteiger partial charge in [-0.25, -0.2) is 15.0 Å². The topological polar surface area (TPSA) is 43.6 Å². The monoisotopic (exact) mass is 242 g/mol. The normalized spacial score (nSPS) is 16.3. The van der Waals surface area contributed by atoms with Crippen LogP contribution in [0.4, 0.5) is 0 Å². The summed E-state index contributed by atoms with van der Waals surface area (Å²) in [5.74, 6) is 1.87. The SMILES string of the molecule is CCc1nccc(-c2nccn2C2CCCC2)n1. The van der Waals surface area contributed by atoms with E-state index in [9.17, 15) is 0 Å². The molecule has 0 radical (unpaired) electrons. The van der Waals surface area contributed by atoms with Gasteiger partial charge in [0, 0.05) is 31.1 Å². The van der Waals surface area contributed by atoms with E-state index in [4.69, 9.17) is 0 Å². The standard InChI is InChI=1S/C14H18N4/c1-2-13-15-8-7-12(17-13)14-16-9-10-18(14)11-5-3-4-6-11/h7-11H,2-6H2,1H3. The molecule has 0 saturated heterocycles. The Kier molecular flexibility index (Phi) is 3.09. The van der Waals surface area contributed by atoms with E-state index in [1.807, 2.05) is 18.5 Å². The van der Waals surface area contributed by atoms with Crippen LogP contribution in [0.15, 0.2) is 24.7 Å². The molecule has 0 unspecified atom stereocenters. The largest absolute Gasteiger partial charge is 0.327 e. The van der Waals surface area contributed by atoms with Crippen molar-refractivity contribution in [1.29, 1.82) is 0 Å². The highest BCUT2D eigenvalue weighted by molar-refractivity contribution is 5.49. The maximum Gasteiger partial charge on any atom is 0.159 e. The molecular formula is C14H18N4. The van der Waals surface area contributed by atoms with Gasteiger partial charge in [0.25, 0.3) is 0 Å². The van der Waals surface area contributed by atoms with Crippen LogP contribution in [0, 0.1) is 0 Å². The Labute approximate surface area is 107 Å². The van der Waals surface area contributed by atoms with Crippen molar-refractivity contribution in [2.45, 2.75) is 45.1 Å². The van der Waals surface area contributed by atoms with Crippen molar-refractivity contribution >= 4 is 0 Å². The first-order valence-electron chi connectivity index (χ1n) is 6.73. The molecule has 0 amide bonds. The third-order valence-corrected chi connectivity index (χ3v) is 3.64. The number of hydrogen-bond donors (Lipinski definition) is 0. The van der Waals surface area contributed by atoms with Gasteiger partial charge in [0.15, 0.2) is 5.82 Å². The molecule has 2 heterocycles. The van der Waals surface area contributed by atoms with Gasteiger partial charge < -0.3 is 4.57 Å². The highest BCUT2D eigenvalue weighted by Gasteiger charge is 2.20. The van der Waals surface area contributed by atoms with Crippen molar-refractivity contribution in [3.05, 3.63) is 30.5 Å². The number of nitrogens with zero attached hydrogens (tertiary/aromatic N) is 4. The molecule has 18 heavy (non-hydrogen) atoms. The quantitative estimate of drug-likeness (QED) is 0.831. The number of aryl methyl sites for hydroxylation is 1.